The van der Waals surface area contributed by atoms with Crippen LogP contribution in [0.15, 0.2) is 48.5 Å². The number of amides is 1. The van der Waals surface area contributed by atoms with E-state index in [1.54, 1.807) is 23.1 Å². The predicted octanol–water partition coefficient (Wildman–Crippen LogP) is 4.03. The summed E-state index contributed by atoms with van der Waals surface area (Å²) in [7, 11) is 0. The first-order chi connectivity index (χ1) is 13.1. The van der Waals surface area contributed by atoms with E-state index in [1.807, 2.05) is 18.2 Å². The van der Waals surface area contributed by atoms with E-state index in [2.05, 4.69) is 10.1 Å². The van der Waals surface area contributed by atoms with Gasteiger partial charge in [0, 0.05) is 18.8 Å². The monoisotopic (exact) mass is 374 g/mol. The quantitative estimate of drug-likeness (QED) is 0.858. The van der Waals surface area contributed by atoms with Crippen LogP contribution in [0.5, 0.6) is 5.75 Å². The fourth-order valence-electron chi connectivity index (χ4n) is 3.58. The van der Waals surface area contributed by atoms with E-state index in [9.17, 15) is 13.6 Å². The average molecular weight is 374 g/mol. The first kappa shape index (κ1) is 17.7. The van der Waals surface area contributed by atoms with Crippen LogP contribution < -0.4 is 10.1 Å². The van der Waals surface area contributed by atoms with Gasteiger partial charge in [-0.25, -0.2) is 0 Å². The lowest BCUT2D eigenvalue weighted by molar-refractivity contribution is -0.0498. The van der Waals surface area contributed by atoms with Gasteiger partial charge in [0.15, 0.2) is 0 Å². The van der Waals surface area contributed by atoms with E-state index < -0.39 is 12.8 Å². The van der Waals surface area contributed by atoms with Crippen LogP contribution in [-0.2, 0) is 4.74 Å². The normalized spacial score (nSPS) is 21.9. The number of alkyl halides is 2. The number of hydrogen-bond acceptors (Lipinski definition) is 4. The van der Waals surface area contributed by atoms with Gasteiger partial charge in [-0.15, -0.1) is 0 Å². The van der Waals surface area contributed by atoms with Crippen molar-refractivity contribution in [1.82, 2.24) is 4.90 Å². The number of fused-ring (bicyclic) bond motifs is 1. The van der Waals surface area contributed by atoms with Crippen molar-refractivity contribution in [3.63, 3.8) is 0 Å². The Kier molecular flexibility index (Phi) is 4.94. The third-order valence-corrected chi connectivity index (χ3v) is 4.87. The fourth-order valence-corrected chi connectivity index (χ4v) is 3.58. The Hall–Kier alpha value is -2.67. The molecule has 1 amide bonds. The maximum absolute atomic E-state index is 13.1. The molecule has 2 aromatic carbocycles. The van der Waals surface area contributed by atoms with Crippen molar-refractivity contribution in [3.8, 4) is 5.75 Å². The molecule has 0 radical (unpaired) electrons. The molecule has 1 saturated heterocycles. The second-order valence-electron chi connectivity index (χ2n) is 6.63. The Morgan fingerprint density at radius 1 is 1.19 bits per heavy atom. The Morgan fingerprint density at radius 2 is 1.96 bits per heavy atom. The van der Waals surface area contributed by atoms with Crippen LogP contribution in [0.2, 0.25) is 0 Å². The summed E-state index contributed by atoms with van der Waals surface area (Å²) < 4.78 is 34.9. The number of nitrogens with one attached hydrogen (secondary N) is 1. The SMILES string of the molecule is O=C1c2ccccc2N[C@@H](c2ccc(OC(F)F)cc2)N1C[C@@H]1CCCO1. The van der Waals surface area contributed by atoms with Crippen molar-refractivity contribution >= 4 is 11.6 Å². The molecule has 2 aliphatic rings. The Morgan fingerprint density at radius 3 is 2.67 bits per heavy atom. The highest BCUT2D eigenvalue weighted by Gasteiger charge is 2.35. The molecule has 2 aliphatic heterocycles. The lowest BCUT2D eigenvalue weighted by atomic mass is 10.0. The standard InChI is InChI=1S/C20H20F2N2O3/c21-20(22)27-14-9-7-13(8-10-14)18-23-17-6-2-1-5-16(17)19(25)24(18)12-15-4-3-11-26-15/h1-2,5-10,15,18,20,23H,3-4,11-12H2/t15-,18+/m0/s1. The summed E-state index contributed by atoms with van der Waals surface area (Å²) in [6.07, 6.45) is 1.50. The summed E-state index contributed by atoms with van der Waals surface area (Å²) in [5.74, 6) is 0.0136. The molecule has 2 atom stereocenters. The van der Waals surface area contributed by atoms with E-state index in [0.29, 0.717) is 18.7 Å². The molecule has 1 N–H and O–H groups in total. The number of rotatable bonds is 5. The number of carbonyl (C=O) groups is 1. The first-order valence-corrected chi connectivity index (χ1v) is 8.95. The Bertz CT molecular complexity index is 807. The number of carbonyl (C=O) groups excluding carboxylic acids is 1. The molecule has 2 heterocycles. The van der Waals surface area contributed by atoms with Gasteiger partial charge in [-0.3, -0.25) is 4.79 Å². The molecule has 0 bridgehead atoms. The van der Waals surface area contributed by atoms with Gasteiger partial charge in [-0.05, 0) is 42.7 Å². The summed E-state index contributed by atoms with van der Waals surface area (Å²) in [5, 5.41) is 3.39. The second kappa shape index (κ2) is 7.52. The molecule has 0 aliphatic carbocycles. The highest BCUT2D eigenvalue weighted by Crippen LogP contribution is 2.34. The molecule has 5 nitrogen and oxygen atoms in total. The summed E-state index contributed by atoms with van der Waals surface area (Å²) in [5.41, 5.74) is 2.16. The summed E-state index contributed by atoms with van der Waals surface area (Å²) in [4.78, 5) is 14.9. The van der Waals surface area contributed by atoms with E-state index in [4.69, 9.17) is 4.74 Å². The van der Waals surface area contributed by atoms with Gasteiger partial charge in [0.2, 0.25) is 0 Å². The molecule has 0 unspecified atom stereocenters. The minimum absolute atomic E-state index is 0.00459. The van der Waals surface area contributed by atoms with Crippen molar-refractivity contribution in [3.05, 3.63) is 59.7 Å². The van der Waals surface area contributed by atoms with Crippen molar-refractivity contribution in [1.29, 1.82) is 0 Å². The van der Waals surface area contributed by atoms with E-state index in [0.717, 1.165) is 24.1 Å². The molecule has 0 spiro atoms. The average Bonchev–Trinajstić information content (AvgIpc) is 3.17. The second-order valence-corrected chi connectivity index (χ2v) is 6.63. The maximum Gasteiger partial charge on any atom is 0.387 e. The Labute approximate surface area is 155 Å². The van der Waals surface area contributed by atoms with Crippen molar-refractivity contribution < 1.29 is 23.0 Å². The minimum atomic E-state index is -2.87. The van der Waals surface area contributed by atoms with Crippen molar-refractivity contribution in [2.45, 2.75) is 31.7 Å². The van der Waals surface area contributed by atoms with E-state index in [1.165, 1.54) is 12.1 Å². The van der Waals surface area contributed by atoms with E-state index in [-0.39, 0.29) is 17.8 Å². The molecule has 27 heavy (non-hydrogen) atoms. The van der Waals surface area contributed by atoms with Crippen LogP contribution in [0.3, 0.4) is 0 Å². The van der Waals surface area contributed by atoms with Crippen LogP contribution in [0.4, 0.5) is 14.5 Å². The van der Waals surface area contributed by atoms with Gasteiger partial charge in [0.25, 0.3) is 5.91 Å². The smallest absolute Gasteiger partial charge is 0.387 e. The van der Waals surface area contributed by atoms with Gasteiger partial charge in [-0.2, -0.15) is 8.78 Å². The lowest BCUT2D eigenvalue weighted by Crippen LogP contribution is -2.46. The maximum atomic E-state index is 13.1. The number of nitrogens with zero attached hydrogens (tertiary/aromatic N) is 1. The number of ether oxygens (including phenoxy) is 2. The summed E-state index contributed by atoms with van der Waals surface area (Å²) >= 11 is 0. The third-order valence-electron chi connectivity index (χ3n) is 4.87. The van der Waals surface area contributed by atoms with Gasteiger partial charge < -0.3 is 19.7 Å². The van der Waals surface area contributed by atoms with Crippen LogP contribution in [-0.4, -0.2) is 36.7 Å². The molecule has 4 rings (SSSR count). The van der Waals surface area contributed by atoms with Gasteiger partial charge in [0.1, 0.15) is 11.9 Å². The number of benzene rings is 2. The first-order valence-electron chi connectivity index (χ1n) is 8.95. The van der Waals surface area contributed by atoms with Crippen LogP contribution in [0, 0.1) is 0 Å². The predicted molar refractivity (Wildman–Crippen MR) is 95.9 cm³/mol. The van der Waals surface area contributed by atoms with E-state index >= 15 is 0 Å². The number of hydrogen-bond donors (Lipinski definition) is 1. The van der Waals surface area contributed by atoms with Crippen LogP contribution in [0.25, 0.3) is 0 Å². The zero-order valence-electron chi connectivity index (χ0n) is 14.6. The Balaban J connectivity index is 1.64. The summed E-state index contributed by atoms with van der Waals surface area (Å²) in [6.45, 7) is -1.69. The number of para-hydroxylation sites is 1. The highest BCUT2D eigenvalue weighted by atomic mass is 19.3. The zero-order chi connectivity index (χ0) is 18.8. The molecule has 7 heteroatoms. The molecule has 0 aromatic heterocycles. The fraction of sp³-hybridized carbons (Fsp3) is 0.350. The lowest BCUT2D eigenvalue weighted by Gasteiger charge is -2.39. The number of halogens is 2. The molecule has 142 valence electrons. The minimum Gasteiger partial charge on any atom is -0.435 e. The highest BCUT2D eigenvalue weighted by molar-refractivity contribution is 6.01. The molecule has 1 fully saturated rings. The largest absolute Gasteiger partial charge is 0.435 e. The van der Waals surface area contributed by atoms with Gasteiger partial charge in [0.05, 0.1) is 11.7 Å². The third kappa shape index (κ3) is 3.73. The molecular formula is C20H20F2N2O3. The van der Waals surface area contributed by atoms with Crippen molar-refractivity contribution in [2.24, 2.45) is 0 Å². The molecular weight excluding hydrogens is 354 g/mol. The van der Waals surface area contributed by atoms with Crippen LogP contribution in [0.1, 0.15) is 34.9 Å². The molecule has 0 saturated carbocycles. The molecule has 2 aromatic rings. The number of anilines is 1. The van der Waals surface area contributed by atoms with Gasteiger partial charge in [-0.1, -0.05) is 24.3 Å². The van der Waals surface area contributed by atoms with Crippen molar-refractivity contribution in [2.75, 3.05) is 18.5 Å². The summed E-state index contributed by atoms with van der Waals surface area (Å²) in [6, 6.07) is 13.7. The zero-order valence-corrected chi connectivity index (χ0v) is 14.6. The van der Waals surface area contributed by atoms with Gasteiger partial charge >= 0.3 is 6.61 Å². The topological polar surface area (TPSA) is 50.8 Å². The van der Waals surface area contributed by atoms with Crippen LogP contribution >= 0.6 is 0 Å².